The first-order chi connectivity index (χ1) is 17.5. The zero-order valence-corrected chi connectivity index (χ0v) is 20.7. The summed E-state index contributed by atoms with van der Waals surface area (Å²) in [5, 5.41) is 2.89. The first-order valence-corrected chi connectivity index (χ1v) is 13.4. The van der Waals surface area contributed by atoms with E-state index in [9.17, 15) is 13.6 Å². The van der Waals surface area contributed by atoms with Crippen molar-refractivity contribution >= 4 is 34.1 Å². The summed E-state index contributed by atoms with van der Waals surface area (Å²) in [6, 6.07) is 5.97. The Balaban J connectivity index is 1.30. The number of carbonyl (C=O) groups is 1. The molecule has 1 amide bonds. The van der Waals surface area contributed by atoms with Crippen LogP contribution in [-0.2, 0) is 33.6 Å². The van der Waals surface area contributed by atoms with E-state index in [0.717, 1.165) is 78.9 Å². The Morgan fingerprint density at radius 1 is 1.03 bits per heavy atom. The minimum atomic E-state index is -2.05. The number of benzene rings is 1. The average molecular weight is 511 g/mol. The van der Waals surface area contributed by atoms with E-state index in [-0.39, 0.29) is 11.8 Å². The fraction of sp³-hybridized carbons (Fsp3) is 0.458. The summed E-state index contributed by atoms with van der Waals surface area (Å²) in [6.45, 7) is 6.54. The van der Waals surface area contributed by atoms with Crippen LogP contribution in [-0.4, -0.2) is 97.2 Å². The molecular formula is C24H28N7O4S-. The average Bonchev–Trinajstić information content (AvgIpc) is 3.46. The fourth-order valence-electron chi connectivity index (χ4n) is 5.08. The third-order valence-corrected chi connectivity index (χ3v) is 7.52. The lowest BCUT2D eigenvalue weighted by atomic mass is 10.1. The van der Waals surface area contributed by atoms with E-state index in [0.29, 0.717) is 26.2 Å². The van der Waals surface area contributed by atoms with Crippen LogP contribution < -0.4 is 10.2 Å². The van der Waals surface area contributed by atoms with Gasteiger partial charge in [-0.25, -0.2) is 9.97 Å². The number of fused-ring (bicyclic) bond motifs is 2. The molecular weight excluding hydrogens is 482 g/mol. The largest absolute Gasteiger partial charge is 0.771 e. The van der Waals surface area contributed by atoms with Gasteiger partial charge in [0.1, 0.15) is 0 Å². The molecule has 1 N–H and O–H groups in total. The summed E-state index contributed by atoms with van der Waals surface area (Å²) in [4.78, 5) is 28.3. The number of imidazole rings is 1. The maximum absolute atomic E-state index is 11.8. The van der Waals surface area contributed by atoms with Gasteiger partial charge in [0.05, 0.1) is 36.9 Å². The number of piperazine rings is 1. The second-order valence-electron chi connectivity index (χ2n) is 9.44. The predicted octanol–water partition coefficient (Wildman–Crippen LogP) is 0.682. The predicted molar refractivity (Wildman–Crippen MR) is 134 cm³/mol. The van der Waals surface area contributed by atoms with Crippen LogP contribution in [0.25, 0.3) is 16.9 Å². The number of rotatable bonds is 6. The maximum Gasteiger partial charge on any atom is 0.228 e. The molecule has 3 aromatic rings. The molecule has 12 heteroatoms. The molecule has 3 aliphatic heterocycles. The molecule has 36 heavy (non-hydrogen) atoms. The van der Waals surface area contributed by atoms with Crippen LogP contribution >= 0.6 is 0 Å². The van der Waals surface area contributed by atoms with Crippen molar-refractivity contribution in [2.45, 2.75) is 13.0 Å². The van der Waals surface area contributed by atoms with Gasteiger partial charge in [0.15, 0.2) is 11.5 Å². The van der Waals surface area contributed by atoms with E-state index in [1.165, 1.54) is 0 Å². The van der Waals surface area contributed by atoms with Crippen molar-refractivity contribution in [1.29, 1.82) is 0 Å². The third kappa shape index (κ3) is 4.87. The number of anilines is 2. The highest BCUT2D eigenvalue weighted by Crippen LogP contribution is 2.31. The number of hydrogen-bond donors (Lipinski definition) is 1. The molecule has 1 aromatic carbocycles. The molecule has 2 aromatic heterocycles. The lowest BCUT2D eigenvalue weighted by Crippen LogP contribution is -2.46. The molecule has 1 unspecified atom stereocenters. The highest BCUT2D eigenvalue weighted by molar-refractivity contribution is 7.79. The van der Waals surface area contributed by atoms with Gasteiger partial charge in [0.25, 0.3) is 0 Å². The standard InChI is InChI=1S/C24H29N7O4S/c32-22-12-18-11-17(1-2-20(18)26-22)21-15-31-14-19(13-28-3-5-29(6-4-28)16-36(33)34)25-23(31)24(27-21)30-7-9-35-10-8-30/h1-2,11,14-15H,3-10,12-13,16H2,(H,26,32)(H,33,34)/p-1. The van der Waals surface area contributed by atoms with E-state index < -0.39 is 11.1 Å². The van der Waals surface area contributed by atoms with Gasteiger partial charge in [-0.15, -0.1) is 0 Å². The number of morpholine rings is 1. The summed E-state index contributed by atoms with van der Waals surface area (Å²) >= 11 is -2.05. The Morgan fingerprint density at radius 3 is 2.58 bits per heavy atom. The Bertz CT molecular complexity index is 1320. The highest BCUT2D eigenvalue weighted by atomic mass is 32.2. The molecule has 190 valence electrons. The van der Waals surface area contributed by atoms with Crippen LogP contribution in [0.15, 0.2) is 30.6 Å². The first kappa shape index (κ1) is 23.5. The quantitative estimate of drug-likeness (QED) is 0.478. The van der Waals surface area contributed by atoms with Crippen molar-refractivity contribution in [3.8, 4) is 11.3 Å². The van der Waals surface area contributed by atoms with Gasteiger partial charge >= 0.3 is 0 Å². The molecule has 0 spiro atoms. The van der Waals surface area contributed by atoms with Crippen molar-refractivity contribution in [3.63, 3.8) is 0 Å². The van der Waals surface area contributed by atoms with Crippen molar-refractivity contribution in [2.75, 3.05) is 68.6 Å². The SMILES string of the molecule is O=C1Cc2cc(-c3cn4cc(CN5CCN(CS(=O)[O-])CC5)nc4c(N4CCOCC4)n3)ccc2N1. The van der Waals surface area contributed by atoms with Crippen LogP contribution in [0, 0.1) is 0 Å². The van der Waals surface area contributed by atoms with Gasteiger partial charge in [0, 0.05) is 69.5 Å². The second-order valence-corrected chi connectivity index (χ2v) is 10.3. The van der Waals surface area contributed by atoms with Crippen molar-refractivity contribution in [2.24, 2.45) is 0 Å². The van der Waals surface area contributed by atoms with Gasteiger partial charge in [0.2, 0.25) is 5.91 Å². The Kier molecular flexibility index (Phi) is 6.44. The number of amides is 1. The zero-order chi connectivity index (χ0) is 24.6. The summed E-state index contributed by atoms with van der Waals surface area (Å²) in [7, 11) is 0. The molecule has 11 nitrogen and oxygen atoms in total. The van der Waals surface area contributed by atoms with E-state index in [2.05, 4.69) is 25.7 Å². The topological polar surface area (TPSA) is 118 Å². The number of hydrogen-bond acceptors (Lipinski definition) is 9. The highest BCUT2D eigenvalue weighted by Gasteiger charge is 2.23. The van der Waals surface area contributed by atoms with E-state index >= 15 is 0 Å². The number of nitrogens with one attached hydrogen (secondary N) is 1. The maximum atomic E-state index is 11.8. The molecule has 0 bridgehead atoms. The van der Waals surface area contributed by atoms with Crippen LogP contribution in [0.1, 0.15) is 11.3 Å². The summed E-state index contributed by atoms with van der Waals surface area (Å²) < 4.78 is 29.6. The molecule has 0 radical (unpaired) electrons. The fourth-order valence-corrected chi connectivity index (χ4v) is 5.64. The molecule has 2 saturated heterocycles. The van der Waals surface area contributed by atoms with Gasteiger partial charge in [-0.05, 0) is 28.8 Å². The first-order valence-electron chi connectivity index (χ1n) is 12.2. The van der Waals surface area contributed by atoms with E-state index in [1.807, 2.05) is 29.3 Å². The van der Waals surface area contributed by atoms with Crippen LogP contribution in [0.5, 0.6) is 0 Å². The minimum Gasteiger partial charge on any atom is -0.771 e. The third-order valence-electron chi connectivity index (χ3n) is 6.95. The Labute approximate surface area is 211 Å². The minimum absolute atomic E-state index is 0.0148. The lowest BCUT2D eigenvalue weighted by molar-refractivity contribution is -0.115. The number of carbonyl (C=O) groups excluding carboxylic acids is 1. The Hall–Kier alpha value is -2.90. The normalized spacial score (nSPS) is 20.0. The van der Waals surface area contributed by atoms with E-state index in [1.54, 1.807) is 0 Å². The van der Waals surface area contributed by atoms with Crippen LogP contribution in [0.4, 0.5) is 11.5 Å². The second kappa shape index (κ2) is 9.87. The van der Waals surface area contributed by atoms with E-state index in [4.69, 9.17) is 14.7 Å². The van der Waals surface area contributed by atoms with Crippen molar-refractivity contribution < 1.29 is 18.3 Å². The smallest absolute Gasteiger partial charge is 0.228 e. The number of ether oxygens (including phenoxy) is 1. The van der Waals surface area contributed by atoms with Crippen molar-refractivity contribution in [3.05, 3.63) is 41.9 Å². The zero-order valence-electron chi connectivity index (χ0n) is 19.9. The number of nitrogens with zero attached hydrogens (tertiary/aromatic N) is 6. The molecule has 1 atom stereocenters. The van der Waals surface area contributed by atoms with Crippen molar-refractivity contribution in [1.82, 2.24) is 24.2 Å². The molecule has 3 aliphatic rings. The molecule has 0 aliphatic carbocycles. The monoisotopic (exact) mass is 510 g/mol. The summed E-state index contributed by atoms with van der Waals surface area (Å²) in [5.74, 6) is 0.937. The lowest BCUT2D eigenvalue weighted by Gasteiger charge is -2.34. The number of aromatic nitrogens is 3. The molecule has 2 fully saturated rings. The molecule has 5 heterocycles. The summed E-state index contributed by atoms with van der Waals surface area (Å²) in [6.07, 6.45) is 4.44. The molecule has 6 rings (SSSR count). The van der Waals surface area contributed by atoms with Crippen LogP contribution in [0.3, 0.4) is 0 Å². The van der Waals surface area contributed by atoms with Crippen LogP contribution in [0.2, 0.25) is 0 Å². The van der Waals surface area contributed by atoms with Gasteiger partial charge < -0.3 is 23.9 Å². The van der Waals surface area contributed by atoms with Gasteiger partial charge in [-0.3, -0.25) is 18.8 Å². The molecule has 0 saturated carbocycles. The van der Waals surface area contributed by atoms with Gasteiger partial charge in [-0.2, -0.15) is 0 Å². The Morgan fingerprint density at radius 2 is 1.81 bits per heavy atom. The summed E-state index contributed by atoms with van der Waals surface area (Å²) in [5.41, 5.74) is 5.41. The van der Waals surface area contributed by atoms with Gasteiger partial charge in [-0.1, -0.05) is 6.07 Å².